The van der Waals surface area contributed by atoms with E-state index in [9.17, 15) is 26.4 Å². The van der Waals surface area contributed by atoms with Crippen LogP contribution in [0.25, 0.3) is 0 Å². The number of ether oxygens (including phenoxy) is 1. The number of carbonyl (C=O) groups is 1. The van der Waals surface area contributed by atoms with Crippen molar-refractivity contribution < 1.29 is 36.0 Å². The van der Waals surface area contributed by atoms with Crippen LogP contribution in [0.4, 0.5) is 13.2 Å². The molecule has 27 heavy (non-hydrogen) atoms. The molecule has 2 rings (SSSR count). The van der Waals surface area contributed by atoms with E-state index < -0.39 is 22.1 Å². The number of rotatable bonds is 5. The lowest BCUT2D eigenvalue weighted by atomic mass is 10.2. The van der Waals surface area contributed by atoms with Crippen molar-refractivity contribution >= 4 is 15.9 Å². The molecule has 0 saturated carbocycles. The summed E-state index contributed by atoms with van der Waals surface area (Å²) in [7, 11) is -0.477. The predicted octanol–water partition coefficient (Wildman–Crippen LogP) is -0.0489. The van der Waals surface area contributed by atoms with E-state index in [1.165, 1.54) is 9.21 Å². The molecule has 1 atom stereocenters. The first-order chi connectivity index (χ1) is 12.4. The van der Waals surface area contributed by atoms with Crippen LogP contribution in [-0.4, -0.2) is 76.2 Å². The summed E-state index contributed by atoms with van der Waals surface area (Å²) in [5, 5.41) is 0. The number of halogens is 3. The van der Waals surface area contributed by atoms with Crippen LogP contribution >= 0.6 is 0 Å². The van der Waals surface area contributed by atoms with Crippen molar-refractivity contribution in [2.75, 3.05) is 40.3 Å². The molecule has 0 bridgehead atoms. The third kappa shape index (κ3) is 5.33. The number of amides is 1. The lowest BCUT2D eigenvalue weighted by Gasteiger charge is -2.34. The fourth-order valence-corrected chi connectivity index (χ4v) is 4.41. The second kappa shape index (κ2) is 8.03. The lowest BCUT2D eigenvalue weighted by molar-refractivity contribution is -0.917. The van der Waals surface area contributed by atoms with Gasteiger partial charge >= 0.3 is 6.36 Å². The van der Waals surface area contributed by atoms with Crippen molar-refractivity contribution in [2.45, 2.75) is 24.2 Å². The number of nitrogens with zero attached hydrogens (tertiary/aromatic N) is 2. The van der Waals surface area contributed by atoms with Crippen LogP contribution in [0.1, 0.15) is 6.92 Å². The van der Waals surface area contributed by atoms with Crippen molar-refractivity contribution in [3.63, 3.8) is 0 Å². The molecule has 1 fully saturated rings. The van der Waals surface area contributed by atoms with Crippen molar-refractivity contribution in [1.82, 2.24) is 9.21 Å². The normalized spacial score (nSPS) is 18.1. The Kier molecular flexibility index (Phi) is 6.38. The Morgan fingerprint density at radius 3 is 2.15 bits per heavy atom. The van der Waals surface area contributed by atoms with Gasteiger partial charge in [0.15, 0.2) is 6.04 Å². The Hall–Kier alpha value is -1.85. The quantitative estimate of drug-likeness (QED) is 0.739. The van der Waals surface area contributed by atoms with E-state index in [0.29, 0.717) is 13.1 Å². The lowest BCUT2D eigenvalue weighted by Crippen LogP contribution is -3.19. The summed E-state index contributed by atoms with van der Waals surface area (Å²) in [4.78, 5) is 14.5. The standard InChI is InChI=1S/C16H22F3N3O4S/c1-12(15(23)20(2)3)21-8-10-22(11-9-21)27(24,25)14-6-4-13(5-7-14)26-16(17,18)19/h4-7,12H,8-11H2,1-3H3/p+1/t12-/m1/s1. The highest BCUT2D eigenvalue weighted by Gasteiger charge is 2.35. The van der Waals surface area contributed by atoms with E-state index in [-0.39, 0.29) is 29.9 Å². The van der Waals surface area contributed by atoms with Gasteiger partial charge in [0, 0.05) is 14.1 Å². The topological polar surface area (TPSA) is 71.4 Å². The Morgan fingerprint density at radius 2 is 1.70 bits per heavy atom. The average molecular weight is 410 g/mol. The molecule has 1 amide bonds. The van der Waals surface area contributed by atoms with Gasteiger partial charge in [-0.1, -0.05) is 0 Å². The van der Waals surface area contributed by atoms with Crippen LogP contribution in [0, 0.1) is 0 Å². The molecule has 7 nitrogen and oxygen atoms in total. The Balaban J connectivity index is 2.03. The molecular formula is C16H23F3N3O4S+. The number of benzene rings is 1. The number of sulfonamides is 1. The third-order valence-electron chi connectivity index (χ3n) is 4.48. The molecule has 0 aromatic heterocycles. The van der Waals surface area contributed by atoms with E-state index in [2.05, 4.69) is 4.74 Å². The van der Waals surface area contributed by atoms with Gasteiger partial charge in [0.25, 0.3) is 5.91 Å². The molecule has 1 heterocycles. The second-order valence-corrected chi connectivity index (χ2v) is 8.47. The predicted molar refractivity (Wildman–Crippen MR) is 90.7 cm³/mol. The molecule has 0 unspecified atom stereocenters. The number of nitrogens with one attached hydrogen (secondary N) is 1. The van der Waals surface area contributed by atoms with Gasteiger partial charge in [0.1, 0.15) is 5.75 Å². The summed E-state index contributed by atoms with van der Waals surface area (Å²) in [6.07, 6.45) is -4.83. The van der Waals surface area contributed by atoms with Gasteiger partial charge in [0.05, 0.1) is 31.1 Å². The number of likely N-dealkylation sites (N-methyl/N-ethyl adjacent to an activating group) is 1. The van der Waals surface area contributed by atoms with Gasteiger partial charge in [-0.2, -0.15) is 4.31 Å². The first-order valence-corrected chi connectivity index (χ1v) is 9.77. The van der Waals surface area contributed by atoms with Crippen LogP contribution in [-0.2, 0) is 14.8 Å². The van der Waals surface area contributed by atoms with Crippen molar-refractivity contribution in [3.8, 4) is 5.75 Å². The molecule has 1 aromatic rings. The first kappa shape index (κ1) is 21.5. The number of hydrogen-bond acceptors (Lipinski definition) is 4. The SMILES string of the molecule is C[C@H](C(=O)N(C)C)[NH+]1CCN(S(=O)(=O)c2ccc(OC(F)(F)F)cc2)CC1. The highest BCUT2D eigenvalue weighted by atomic mass is 32.2. The van der Waals surface area contributed by atoms with Gasteiger partial charge in [-0.25, -0.2) is 8.42 Å². The van der Waals surface area contributed by atoms with Crippen molar-refractivity contribution in [1.29, 1.82) is 0 Å². The highest BCUT2D eigenvalue weighted by Crippen LogP contribution is 2.25. The number of hydrogen-bond donors (Lipinski definition) is 1. The fraction of sp³-hybridized carbons (Fsp3) is 0.562. The van der Waals surface area contributed by atoms with Crippen LogP contribution < -0.4 is 9.64 Å². The average Bonchev–Trinajstić information content (AvgIpc) is 2.59. The molecule has 1 aliphatic heterocycles. The van der Waals surface area contributed by atoms with E-state index in [4.69, 9.17) is 0 Å². The minimum Gasteiger partial charge on any atom is -0.406 e. The fourth-order valence-electron chi connectivity index (χ4n) is 2.97. The first-order valence-electron chi connectivity index (χ1n) is 8.33. The molecule has 1 aliphatic rings. The monoisotopic (exact) mass is 410 g/mol. The smallest absolute Gasteiger partial charge is 0.406 e. The maximum atomic E-state index is 12.7. The van der Waals surface area contributed by atoms with Crippen molar-refractivity contribution in [3.05, 3.63) is 24.3 Å². The minimum absolute atomic E-state index is 0.0263. The van der Waals surface area contributed by atoms with Gasteiger partial charge in [0.2, 0.25) is 10.0 Å². The summed E-state index contributed by atoms with van der Waals surface area (Å²) < 4.78 is 67.0. The maximum Gasteiger partial charge on any atom is 0.573 e. The summed E-state index contributed by atoms with van der Waals surface area (Å²) in [6, 6.07) is 3.85. The Morgan fingerprint density at radius 1 is 1.19 bits per heavy atom. The van der Waals surface area contributed by atoms with E-state index in [0.717, 1.165) is 29.2 Å². The number of quaternary nitrogens is 1. The zero-order valence-electron chi connectivity index (χ0n) is 15.3. The molecule has 11 heteroatoms. The van der Waals surface area contributed by atoms with Gasteiger partial charge in [-0.3, -0.25) is 4.79 Å². The van der Waals surface area contributed by atoms with Crippen LogP contribution in [0.3, 0.4) is 0 Å². The molecule has 1 N–H and O–H groups in total. The summed E-state index contributed by atoms with van der Waals surface area (Å²) in [6.45, 7) is 3.19. The van der Waals surface area contributed by atoms with E-state index in [1.807, 2.05) is 0 Å². The largest absolute Gasteiger partial charge is 0.573 e. The van der Waals surface area contributed by atoms with Gasteiger partial charge in [-0.05, 0) is 31.2 Å². The molecule has 1 saturated heterocycles. The summed E-state index contributed by atoms with van der Waals surface area (Å²) in [5.41, 5.74) is 0. The number of alkyl halides is 3. The van der Waals surface area contributed by atoms with Gasteiger partial charge < -0.3 is 14.5 Å². The molecule has 0 radical (unpaired) electrons. The number of carbonyl (C=O) groups excluding carboxylic acids is 1. The molecular weight excluding hydrogens is 387 g/mol. The minimum atomic E-state index is -4.83. The highest BCUT2D eigenvalue weighted by molar-refractivity contribution is 7.89. The van der Waals surface area contributed by atoms with E-state index >= 15 is 0 Å². The molecule has 152 valence electrons. The molecule has 0 aliphatic carbocycles. The Bertz CT molecular complexity index is 758. The van der Waals surface area contributed by atoms with Crippen LogP contribution in [0.15, 0.2) is 29.2 Å². The van der Waals surface area contributed by atoms with Gasteiger partial charge in [-0.15, -0.1) is 13.2 Å². The van der Waals surface area contributed by atoms with Crippen LogP contribution in [0.5, 0.6) is 5.75 Å². The summed E-state index contributed by atoms with van der Waals surface area (Å²) in [5.74, 6) is -0.506. The maximum absolute atomic E-state index is 12.7. The third-order valence-corrected chi connectivity index (χ3v) is 6.40. The number of piperazine rings is 1. The van der Waals surface area contributed by atoms with E-state index in [1.54, 1.807) is 21.0 Å². The molecule has 0 spiro atoms. The summed E-state index contributed by atoms with van der Waals surface area (Å²) >= 11 is 0. The molecule has 1 aromatic carbocycles. The zero-order valence-corrected chi connectivity index (χ0v) is 16.1. The second-order valence-electron chi connectivity index (χ2n) is 6.54. The Labute approximate surface area is 156 Å². The zero-order chi connectivity index (χ0) is 20.4. The van der Waals surface area contributed by atoms with Crippen molar-refractivity contribution in [2.24, 2.45) is 0 Å². The van der Waals surface area contributed by atoms with Crippen LogP contribution in [0.2, 0.25) is 0 Å².